The quantitative estimate of drug-likeness (QED) is 0.792. The average Bonchev–Trinajstić information content (AvgIpc) is 3.20. The summed E-state index contributed by atoms with van der Waals surface area (Å²) in [5.41, 5.74) is 1.38. The summed E-state index contributed by atoms with van der Waals surface area (Å²) in [5, 5.41) is 12.5. The highest BCUT2D eigenvalue weighted by Crippen LogP contribution is 2.37. The van der Waals surface area contributed by atoms with E-state index in [2.05, 4.69) is 33.8 Å². The highest BCUT2D eigenvalue weighted by molar-refractivity contribution is 8.00. The SMILES string of the molecule is CNC(=O)NC(=O)[C@@H](C)Sc1nnc(-c2cc3c(s2)CC[C@@H](C)C3)o1. The van der Waals surface area contributed by atoms with Gasteiger partial charge in [-0.05, 0) is 43.7 Å². The second kappa shape index (κ2) is 7.57. The molecule has 1 aliphatic rings. The van der Waals surface area contributed by atoms with Crippen molar-refractivity contribution in [1.82, 2.24) is 20.8 Å². The van der Waals surface area contributed by atoms with Gasteiger partial charge >= 0.3 is 6.03 Å². The summed E-state index contributed by atoms with van der Waals surface area (Å²) in [4.78, 5) is 25.4. The number of aromatic nitrogens is 2. The van der Waals surface area contributed by atoms with Crippen molar-refractivity contribution in [2.75, 3.05) is 7.05 Å². The summed E-state index contributed by atoms with van der Waals surface area (Å²) in [6.45, 7) is 3.95. The van der Waals surface area contributed by atoms with E-state index in [4.69, 9.17) is 4.42 Å². The number of hydrogen-bond donors (Lipinski definition) is 2. The molecule has 1 aliphatic carbocycles. The Kier molecular flexibility index (Phi) is 5.43. The van der Waals surface area contributed by atoms with E-state index in [9.17, 15) is 9.59 Å². The number of nitrogens with one attached hydrogen (secondary N) is 2. The van der Waals surface area contributed by atoms with E-state index in [-0.39, 0.29) is 0 Å². The fourth-order valence-corrected chi connectivity index (χ4v) is 4.46. The van der Waals surface area contributed by atoms with Gasteiger partial charge in [0.25, 0.3) is 11.1 Å². The van der Waals surface area contributed by atoms with Crippen LogP contribution in [0.15, 0.2) is 15.7 Å². The van der Waals surface area contributed by atoms with Crippen LogP contribution in [0.5, 0.6) is 0 Å². The number of rotatable bonds is 4. The standard InChI is InChI=1S/C16H20N4O3S2/c1-8-4-5-11-10(6-8)7-12(25-11)14-19-20-16(23-14)24-9(2)13(21)18-15(22)17-3/h7-9H,4-6H2,1-3H3,(H2,17,18,21,22)/t8-,9-/m1/s1. The van der Waals surface area contributed by atoms with Gasteiger partial charge < -0.3 is 9.73 Å². The topological polar surface area (TPSA) is 97.1 Å². The van der Waals surface area contributed by atoms with Gasteiger partial charge in [-0.1, -0.05) is 18.7 Å². The largest absolute Gasteiger partial charge is 0.410 e. The zero-order valence-corrected chi connectivity index (χ0v) is 15.9. The molecule has 134 valence electrons. The van der Waals surface area contributed by atoms with Crippen LogP contribution in [0.3, 0.4) is 0 Å². The normalized spacial score (nSPS) is 17.6. The maximum Gasteiger partial charge on any atom is 0.321 e. The maximum atomic E-state index is 11.9. The first-order chi connectivity index (χ1) is 12.0. The van der Waals surface area contributed by atoms with Gasteiger partial charge in [-0.25, -0.2) is 4.79 Å². The Morgan fingerprint density at radius 3 is 3.00 bits per heavy atom. The van der Waals surface area contributed by atoms with Gasteiger partial charge in [0.1, 0.15) is 0 Å². The Bertz CT molecular complexity index is 786. The summed E-state index contributed by atoms with van der Waals surface area (Å²) in [6, 6.07) is 1.60. The molecular formula is C16H20N4O3S2. The number of aryl methyl sites for hydroxylation is 1. The summed E-state index contributed by atoms with van der Waals surface area (Å²) in [5.74, 6) is 0.779. The minimum Gasteiger partial charge on any atom is -0.410 e. The van der Waals surface area contributed by atoms with Gasteiger partial charge in [-0.3, -0.25) is 10.1 Å². The lowest BCUT2D eigenvalue weighted by Gasteiger charge is -2.16. The van der Waals surface area contributed by atoms with Crippen molar-refractivity contribution >= 4 is 35.0 Å². The number of thioether (sulfide) groups is 1. The van der Waals surface area contributed by atoms with Crippen LogP contribution in [0.25, 0.3) is 10.8 Å². The molecule has 0 spiro atoms. The third-order valence-electron chi connectivity index (χ3n) is 4.06. The molecule has 2 heterocycles. The zero-order valence-electron chi connectivity index (χ0n) is 14.3. The Morgan fingerprint density at radius 2 is 2.24 bits per heavy atom. The molecule has 0 radical (unpaired) electrons. The molecule has 2 aromatic heterocycles. The molecule has 7 nitrogen and oxygen atoms in total. The smallest absolute Gasteiger partial charge is 0.321 e. The predicted octanol–water partition coefficient (Wildman–Crippen LogP) is 2.86. The molecule has 3 rings (SSSR count). The monoisotopic (exact) mass is 380 g/mol. The van der Waals surface area contributed by atoms with Crippen LogP contribution >= 0.6 is 23.1 Å². The number of urea groups is 1. The van der Waals surface area contributed by atoms with Gasteiger partial charge in [0.05, 0.1) is 10.1 Å². The Labute approximate surface area is 154 Å². The minimum absolute atomic E-state index is 0.314. The van der Waals surface area contributed by atoms with Crippen LogP contribution in [0.1, 0.15) is 30.7 Å². The van der Waals surface area contributed by atoms with Crippen LogP contribution in [0.2, 0.25) is 0 Å². The molecule has 2 N–H and O–H groups in total. The van der Waals surface area contributed by atoms with Gasteiger partial charge in [-0.15, -0.1) is 21.5 Å². The number of carbonyl (C=O) groups excluding carboxylic acids is 2. The lowest BCUT2D eigenvalue weighted by atomic mass is 9.90. The van der Waals surface area contributed by atoms with Crippen LogP contribution in [-0.2, 0) is 17.6 Å². The van der Waals surface area contributed by atoms with Gasteiger partial charge in [0.2, 0.25) is 5.91 Å². The second-order valence-electron chi connectivity index (χ2n) is 6.11. The van der Waals surface area contributed by atoms with E-state index in [0.717, 1.165) is 29.5 Å². The molecule has 0 aliphatic heterocycles. The molecule has 0 saturated heterocycles. The van der Waals surface area contributed by atoms with Crippen LogP contribution < -0.4 is 10.6 Å². The molecule has 0 saturated carbocycles. The lowest BCUT2D eigenvalue weighted by Crippen LogP contribution is -2.41. The van der Waals surface area contributed by atoms with Crippen molar-refractivity contribution in [3.63, 3.8) is 0 Å². The lowest BCUT2D eigenvalue weighted by molar-refractivity contribution is -0.119. The van der Waals surface area contributed by atoms with Crippen molar-refractivity contribution in [1.29, 1.82) is 0 Å². The molecule has 25 heavy (non-hydrogen) atoms. The van der Waals surface area contributed by atoms with E-state index < -0.39 is 17.2 Å². The van der Waals surface area contributed by atoms with Gasteiger partial charge in [-0.2, -0.15) is 0 Å². The van der Waals surface area contributed by atoms with Crippen LogP contribution in [-0.4, -0.2) is 34.4 Å². The first-order valence-corrected chi connectivity index (χ1v) is 9.80. The van der Waals surface area contributed by atoms with E-state index in [0.29, 0.717) is 17.0 Å². The summed E-state index contributed by atoms with van der Waals surface area (Å²) >= 11 is 2.83. The van der Waals surface area contributed by atoms with Crippen molar-refractivity contribution in [2.24, 2.45) is 5.92 Å². The molecule has 0 fully saturated rings. The number of hydrogen-bond acceptors (Lipinski definition) is 7. The number of thiophene rings is 1. The van der Waals surface area contributed by atoms with Crippen molar-refractivity contribution in [3.8, 4) is 10.8 Å². The highest BCUT2D eigenvalue weighted by Gasteiger charge is 2.23. The third-order valence-corrected chi connectivity index (χ3v) is 6.22. The first-order valence-electron chi connectivity index (χ1n) is 8.11. The maximum absolute atomic E-state index is 11.9. The minimum atomic E-state index is -0.540. The Hall–Kier alpha value is -1.87. The Balaban J connectivity index is 1.66. The summed E-state index contributed by atoms with van der Waals surface area (Å²) in [7, 11) is 1.45. The van der Waals surface area contributed by atoms with Crippen molar-refractivity contribution in [2.45, 2.75) is 43.6 Å². The molecule has 9 heteroatoms. The molecule has 2 atom stereocenters. The molecule has 0 unspecified atom stereocenters. The highest BCUT2D eigenvalue weighted by atomic mass is 32.2. The number of fused-ring (bicyclic) bond motifs is 1. The third kappa shape index (κ3) is 4.21. The number of imide groups is 1. The summed E-state index contributed by atoms with van der Waals surface area (Å²) in [6.07, 6.45) is 3.42. The number of nitrogens with zero attached hydrogens (tertiary/aromatic N) is 2. The van der Waals surface area contributed by atoms with Crippen LogP contribution in [0, 0.1) is 5.92 Å². The van der Waals surface area contributed by atoms with E-state index >= 15 is 0 Å². The Morgan fingerprint density at radius 1 is 1.44 bits per heavy atom. The van der Waals surface area contributed by atoms with Crippen molar-refractivity contribution in [3.05, 3.63) is 16.5 Å². The number of amides is 3. The molecule has 0 aromatic carbocycles. The molecule has 3 amide bonds. The van der Waals surface area contributed by atoms with E-state index in [1.165, 1.54) is 23.9 Å². The molecule has 0 bridgehead atoms. The summed E-state index contributed by atoms with van der Waals surface area (Å²) < 4.78 is 5.70. The number of carbonyl (C=O) groups is 2. The zero-order chi connectivity index (χ0) is 18.0. The molecular weight excluding hydrogens is 360 g/mol. The average molecular weight is 380 g/mol. The molecule has 2 aromatic rings. The fraction of sp³-hybridized carbons (Fsp3) is 0.500. The van der Waals surface area contributed by atoms with Gasteiger partial charge in [0.15, 0.2) is 0 Å². The second-order valence-corrected chi connectivity index (χ2v) is 8.54. The van der Waals surface area contributed by atoms with E-state index in [1.54, 1.807) is 18.3 Å². The fourth-order valence-electron chi connectivity index (χ4n) is 2.65. The predicted molar refractivity (Wildman–Crippen MR) is 96.7 cm³/mol. The first kappa shape index (κ1) is 17.9. The van der Waals surface area contributed by atoms with Crippen LogP contribution in [0.4, 0.5) is 4.79 Å². The van der Waals surface area contributed by atoms with Crippen molar-refractivity contribution < 1.29 is 14.0 Å². The van der Waals surface area contributed by atoms with E-state index in [1.807, 2.05) is 0 Å². The van der Waals surface area contributed by atoms with Gasteiger partial charge in [0, 0.05) is 11.9 Å².